The van der Waals surface area contributed by atoms with E-state index in [0.717, 1.165) is 6.07 Å². The van der Waals surface area contributed by atoms with Crippen LogP contribution < -0.4 is 5.56 Å². The quantitative estimate of drug-likeness (QED) is 0.713. The number of rotatable bonds is 2. The topological polar surface area (TPSA) is 105 Å². The summed E-state index contributed by atoms with van der Waals surface area (Å²) < 4.78 is 30.5. The number of aliphatic hydroxyl groups is 1. The highest BCUT2D eigenvalue weighted by molar-refractivity contribution is 7.85. The fourth-order valence-electron chi connectivity index (χ4n) is 1.17. The summed E-state index contributed by atoms with van der Waals surface area (Å²) in [7, 11) is -4.53. The van der Waals surface area contributed by atoms with Crippen molar-refractivity contribution in [2.24, 2.45) is 0 Å². The van der Waals surface area contributed by atoms with E-state index in [1.165, 1.54) is 19.9 Å². The number of aliphatic hydroxyl groups excluding tert-OH is 1. The van der Waals surface area contributed by atoms with Crippen molar-refractivity contribution in [2.75, 3.05) is 0 Å². The van der Waals surface area contributed by atoms with Gasteiger partial charge in [0.2, 0.25) is 0 Å². The zero-order valence-electron chi connectivity index (χ0n) is 8.71. The van der Waals surface area contributed by atoms with Gasteiger partial charge in [-0.15, -0.1) is 0 Å². The van der Waals surface area contributed by atoms with Gasteiger partial charge in [-0.1, -0.05) is 0 Å². The van der Waals surface area contributed by atoms with Crippen LogP contribution in [0.3, 0.4) is 0 Å². The van der Waals surface area contributed by atoms with Gasteiger partial charge in [0.15, 0.2) is 5.03 Å². The molecule has 0 spiro atoms. The fourth-order valence-corrected chi connectivity index (χ4v) is 1.70. The Kier molecular flexibility index (Phi) is 3.41. The Morgan fingerprint density at radius 2 is 1.94 bits per heavy atom. The third-order valence-corrected chi connectivity index (χ3v) is 2.65. The molecule has 0 aliphatic carbocycles. The molecule has 0 saturated heterocycles. The van der Waals surface area contributed by atoms with Crippen molar-refractivity contribution in [3.63, 3.8) is 0 Å². The number of hydrogen-bond donors (Lipinski definition) is 2. The maximum absolute atomic E-state index is 11.4. The number of nitrogens with zero attached hydrogens (tertiary/aromatic N) is 1. The van der Waals surface area contributed by atoms with Gasteiger partial charge in [0.05, 0.1) is 6.10 Å². The average molecular weight is 245 g/mol. The van der Waals surface area contributed by atoms with Crippen LogP contribution in [0.4, 0.5) is 0 Å². The van der Waals surface area contributed by atoms with Gasteiger partial charge >= 0.3 is 10.1 Å². The summed E-state index contributed by atoms with van der Waals surface area (Å²) >= 11 is 0. The standard InChI is InChI=1S/C9H11NO5S/c1-5-3-7(6(2)11)9(12)10-8(4-5)16(13,14)15/h3-4,6,11H,1-2H3,(H,13,14,15). The van der Waals surface area contributed by atoms with Crippen molar-refractivity contribution < 1.29 is 18.1 Å². The summed E-state index contributed by atoms with van der Waals surface area (Å²) in [5.74, 6) is 0. The average Bonchev–Trinajstić information content (AvgIpc) is 2.24. The lowest BCUT2D eigenvalue weighted by Gasteiger charge is -1.98. The van der Waals surface area contributed by atoms with Crippen molar-refractivity contribution in [3.8, 4) is 0 Å². The van der Waals surface area contributed by atoms with Crippen LogP contribution in [0.2, 0.25) is 0 Å². The first-order valence-electron chi connectivity index (χ1n) is 4.40. The molecule has 0 aromatic carbocycles. The van der Waals surface area contributed by atoms with E-state index < -0.39 is 26.8 Å². The molecule has 6 nitrogen and oxygen atoms in total. The molecule has 0 saturated carbocycles. The van der Waals surface area contributed by atoms with Gasteiger partial charge in [-0.2, -0.15) is 13.4 Å². The smallest absolute Gasteiger partial charge is 0.312 e. The zero-order valence-corrected chi connectivity index (χ0v) is 9.52. The lowest BCUT2D eigenvalue weighted by molar-refractivity contribution is 0.197. The molecule has 1 rings (SSSR count). The molecule has 7 heteroatoms. The predicted molar refractivity (Wildman–Crippen MR) is 55.7 cm³/mol. The minimum absolute atomic E-state index is 0.0209. The number of hydrogen-bond acceptors (Lipinski definition) is 5. The van der Waals surface area contributed by atoms with E-state index in [2.05, 4.69) is 4.98 Å². The van der Waals surface area contributed by atoms with Crippen LogP contribution in [0.1, 0.15) is 24.2 Å². The largest absolute Gasteiger partial charge is 0.388 e. The number of aromatic nitrogens is 1. The highest BCUT2D eigenvalue weighted by Gasteiger charge is 2.14. The van der Waals surface area contributed by atoms with Gasteiger partial charge in [-0.25, -0.2) is 0 Å². The molecule has 0 radical (unpaired) electrons. The molecule has 16 heavy (non-hydrogen) atoms. The first-order valence-corrected chi connectivity index (χ1v) is 5.84. The van der Waals surface area contributed by atoms with E-state index in [1.54, 1.807) is 0 Å². The van der Waals surface area contributed by atoms with Crippen molar-refractivity contribution in [2.45, 2.75) is 25.0 Å². The maximum atomic E-state index is 11.4. The first kappa shape index (κ1) is 12.8. The summed E-state index contributed by atoms with van der Waals surface area (Å²) in [6, 6.07) is 2.39. The van der Waals surface area contributed by atoms with Gasteiger partial charge in [-0.05, 0) is 31.5 Å². The van der Waals surface area contributed by atoms with E-state index >= 15 is 0 Å². The van der Waals surface area contributed by atoms with E-state index in [0.29, 0.717) is 5.56 Å². The number of aryl methyl sites for hydroxylation is 1. The molecule has 1 unspecified atom stereocenters. The van der Waals surface area contributed by atoms with Gasteiger partial charge in [0.1, 0.15) is 0 Å². The summed E-state index contributed by atoms with van der Waals surface area (Å²) in [5.41, 5.74) is -0.499. The Labute approximate surface area is 92.3 Å². The lowest BCUT2D eigenvalue weighted by atomic mass is 10.1. The van der Waals surface area contributed by atoms with Gasteiger partial charge < -0.3 is 5.11 Å². The molecule has 1 heterocycles. The van der Waals surface area contributed by atoms with Crippen LogP contribution in [0.15, 0.2) is 22.0 Å². The molecule has 1 aromatic heterocycles. The SMILES string of the molecule is Cc1cc(S(=O)(=O)O)nc(=O)c(C(C)O)c1. The molecule has 0 amide bonds. The molecule has 1 atom stereocenters. The van der Waals surface area contributed by atoms with Crippen LogP contribution in [0.5, 0.6) is 0 Å². The molecule has 0 aliphatic heterocycles. The molecule has 88 valence electrons. The van der Waals surface area contributed by atoms with Crippen LogP contribution in [-0.2, 0) is 10.1 Å². The van der Waals surface area contributed by atoms with E-state index in [1.807, 2.05) is 0 Å². The van der Waals surface area contributed by atoms with Crippen LogP contribution in [-0.4, -0.2) is 23.1 Å². The minimum atomic E-state index is -4.53. The fraction of sp³-hybridized carbons (Fsp3) is 0.333. The van der Waals surface area contributed by atoms with Crippen molar-refractivity contribution >= 4 is 10.1 Å². The highest BCUT2D eigenvalue weighted by atomic mass is 32.2. The highest BCUT2D eigenvalue weighted by Crippen LogP contribution is 2.10. The van der Waals surface area contributed by atoms with Crippen molar-refractivity contribution in [3.05, 3.63) is 33.6 Å². The van der Waals surface area contributed by atoms with Crippen LogP contribution in [0, 0.1) is 6.92 Å². The summed E-state index contributed by atoms with van der Waals surface area (Å²) in [4.78, 5) is 14.7. The molecule has 0 aliphatic rings. The van der Waals surface area contributed by atoms with Gasteiger partial charge in [0, 0.05) is 5.56 Å². The maximum Gasteiger partial charge on any atom is 0.312 e. The zero-order chi connectivity index (χ0) is 12.5. The van der Waals surface area contributed by atoms with Gasteiger partial charge in [-0.3, -0.25) is 9.35 Å². The van der Waals surface area contributed by atoms with Gasteiger partial charge in [0.25, 0.3) is 5.56 Å². The van der Waals surface area contributed by atoms with Crippen molar-refractivity contribution in [1.29, 1.82) is 0 Å². The summed E-state index contributed by atoms with van der Waals surface area (Å²) in [6.07, 6.45) is -1.06. The Bertz CT molecular complexity index is 565. The second kappa shape index (κ2) is 4.28. The molecule has 2 N–H and O–H groups in total. The van der Waals surface area contributed by atoms with Crippen LogP contribution >= 0.6 is 0 Å². The lowest BCUT2D eigenvalue weighted by Crippen LogP contribution is -2.14. The Morgan fingerprint density at radius 1 is 1.38 bits per heavy atom. The summed E-state index contributed by atoms with van der Waals surface area (Å²) in [5, 5.41) is 8.56. The van der Waals surface area contributed by atoms with Crippen molar-refractivity contribution in [1.82, 2.24) is 4.98 Å². The second-order valence-corrected chi connectivity index (χ2v) is 4.76. The molecular weight excluding hydrogens is 234 g/mol. The molecular formula is C9H11NO5S. The Hall–Kier alpha value is -1.31. The predicted octanol–water partition coefficient (Wildman–Crippen LogP) is 0.0502. The minimum Gasteiger partial charge on any atom is -0.388 e. The third kappa shape index (κ3) is 2.84. The van der Waals surface area contributed by atoms with E-state index in [4.69, 9.17) is 4.55 Å². The molecule has 0 bridgehead atoms. The Morgan fingerprint density at radius 3 is 2.38 bits per heavy atom. The summed E-state index contributed by atoms with van der Waals surface area (Å²) in [6.45, 7) is 2.90. The monoisotopic (exact) mass is 245 g/mol. The van der Waals surface area contributed by atoms with Crippen LogP contribution in [0.25, 0.3) is 0 Å². The normalized spacial score (nSPS) is 13.5. The molecule has 0 fully saturated rings. The van der Waals surface area contributed by atoms with E-state index in [9.17, 15) is 18.3 Å². The third-order valence-electron chi connectivity index (χ3n) is 1.91. The molecule has 1 aromatic rings. The Balaban J connectivity index is 3.66. The van der Waals surface area contributed by atoms with E-state index in [-0.39, 0.29) is 5.56 Å². The first-order chi connectivity index (χ1) is 7.21. The second-order valence-electron chi connectivity index (χ2n) is 3.39.